The van der Waals surface area contributed by atoms with Crippen molar-refractivity contribution in [2.24, 2.45) is 5.92 Å². The minimum absolute atomic E-state index is 0.00809. The van der Waals surface area contributed by atoms with Crippen LogP contribution in [0.25, 0.3) is 0 Å². The zero-order valence-corrected chi connectivity index (χ0v) is 13.6. The minimum Gasteiger partial charge on any atom is -0.333 e. The first kappa shape index (κ1) is 15.8. The van der Waals surface area contributed by atoms with E-state index in [4.69, 9.17) is 10.7 Å². The molecule has 0 spiro atoms. The summed E-state index contributed by atoms with van der Waals surface area (Å²) in [4.78, 5) is 4.18. The smallest absolute Gasteiger partial charge is 0.280 e. The molecule has 0 radical (unpaired) electrons. The number of rotatable bonds is 6. The van der Waals surface area contributed by atoms with Gasteiger partial charge in [0.1, 0.15) is 5.82 Å². The number of nitrogens with zero attached hydrogens (tertiary/aromatic N) is 2. The maximum absolute atomic E-state index is 11.4. The average Bonchev–Trinajstić information content (AvgIpc) is 2.81. The fraction of sp³-hybridized carbons (Fsp3) is 0.786. The van der Waals surface area contributed by atoms with Gasteiger partial charge in [0, 0.05) is 29.8 Å². The number of aryl methyl sites for hydroxylation is 2. The summed E-state index contributed by atoms with van der Waals surface area (Å²) in [5.74, 6) is 1.61. The van der Waals surface area contributed by atoms with Gasteiger partial charge in [-0.05, 0) is 18.8 Å². The molecule has 1 aromatic rings. The molecule has 1 aromatic heterocycles. The van der Waals surface area contributed by atoms with E-state index in [0.717, 1.165) is 37.5 Å². The molecular formula is C14H23ClN2O2S. The number of hydrogen-bond donors (Lipinski definition) is 0. The van der Waals surface area contributed by atoms with E-state index in [1.54, 1.807) is 6.20 Å². The van der Waals surface area contributed by atoms with Gasteiger partial charge < -0.3 is 4.57 Å². The molecule has 114 valence electrons. The van der Waals surface area contributed by atoms with Crippen LogP contribution in [0.4, 0.5) is 0 Å². The van der Waals surface area contributed by atoms with E-state index >= 15 is 0 Å². The summed E-state index contributed by atoms with van der Waals surface area (Å²) in [6, 6.07) is 0. The highest BCUT2D eigenvalue weighted by Gasteiger charge is 2.19. The second-order valence-corrected chi connectivity index (χ2v) is 8.18. The lowest BCUT2D eigenvalue weighted by atomic mass is 9.87. The van der Waals surface area contributed by atoms with Crippen molar-refractivity contribution in [3.63, 3.8) is 0 Å². The van der Waals surface area contributed by atoms with E-state index < -0.39 is 9.05 Å². The van der Waals surface area contributed by atoms with Gasteiger partial charge in [0.05, 0.1) is 0 Å². The Balaban J connectivity index is 2.06. The molecule has 0 unspecified atom stereocenters. The number of aromatic nitrogens is 2. The lowest BCUT2D eigenvalue weighted by Gasteiger charge is -2.21. The van der Waals surface area contributed by atoms with Crippen molar-refractivity contribution in [2.75, 3.05) is 0 Å². The molecule has 0 aromatic carbocycles. The fourth-order valence-electron chi connectivity index (χ4n) is 2.96. The van der Waals surface area contributed by atoms with Crippen LogP contribution in [-0.2, 0) is 22.0 Å². The van der Waals surface area contributed by atoms with Crippen LogP contribution in [0.2, 0.25) is 0 Å². The molecule has 1 saturated carbocycles. The fourth-order valence-corrected chi connectivity index (χ4v) is 3.65. The quantitative estimate of drug-likeness (QED) is 0.751. The van der Waals surface area contributed by atoms with Crippen molar-refractivity contribution in [1.82, 2.24) is 9.55 Å². The Morgan fingerprint density at radius 1 is 1.35 bits per heavy atom. The molecule has 0 N–H and O–H groups in total. The van der Waals surface area contributed by atoms with Crippen LogP contribution in [-0.4, -0.2) is 18.0 Å². The number of imidazole rings is 1. The lowest BCUT2D eigenvalue weighted by Crippen LogP contribution is -2.11. The van der Waals surface area contributed by atoms with Crippen LogP contribution in [0.3, 0.4) is 0 Å². The molecule has 0 saturated heterocycles. The highest BCUT2D eigenvalue weighted by Crippen LogP contribution is 2.27. The Morgan fingerprint density at radius 3 is 2.65 bits per heavy atom. The zero-order chi connectivity index (χ0) is 14.6. The Hall–Kier alpha value is -0.550. The summed E-state index contributed by atoms with van der Waals surface area (Å²) in [6.45, 7) is 2.91. The summed E-state index contributed by atoms with van der Waals surface area (Å²) >= 11 is 0. The van der Waals surface area contributed by atoms with Gasteiger partial charge in [0.2, 0.25) is 0 Å². The van der Waals surface area contributed by atoms with E-state index in [9.17, 15) is 8.42 Å². The van der Waals surface area contributed by atoms with Gasteiger partial charge in [0.25, 0.3) is 9.05 Å². The van der Waals surface area contributed by atoms with Crippen LogP contribution >= 0.6 is 10.7 Å². The minimum atomic E-state index is -3.73. The normalized spacial score (nSPS) is 17.5. The second-order valence-electron chi connectivity index (χ2n) is 5.67. The maximum Gasteiger partial charge on any atom is 0.280 e. The first-order valence-electron chi connectivity index (χ1n) is 7.51. The van der Waals surface area contributed by atoms with E-state index in [2.05, 4.69) is 11.9 Å². The van der Waals surface area contributed by atoms with Crippen molar-refractivity contribution in [3.05, 3.63) is 12.0 Å². The van der Waals surface area contributed by atoms with Crippen LogP contribution in [0.1, 0.15) is 57.7 Å². The largest absolute Gasteiger partial charge is 0.333 e. The first-order valence-corrected chi connectivity index (χ1v) is 9.82. The molecule has 1 heterocycles. The Morgan fingerprint density at radius 2 is 2.05 bits per heavy atom. The van der Waals surface area contributed by atoms with Crippen LogP contribution in [0.5, 0.6) is 0 Å². The SMILES string of the molecule is CCCc1nc(S(=O)(=O)Cl)cn1CCC1CCCCC1. The van der Waals surface area contributed by atoms with Gasteiger partial charge in [-0.15, -0.1) is 0 Å². The van der Waals surface area contributed by atoms with E-state index in [-0.39, 0.29) is 5.03 Å². The van der Waals surface area contributed by atoms with Crippen molar-refractivity contribution < 1.29 is 8.42 Å². The number of halogens is 1. The molecule has 4 nitrogen and oxygen atoms in total. The topological polar surface area (TPSA) is 52.0 Å². The molecule has 0 amide bonds. The van der Waals surface area contributed by atoms with Crippen molar-refractivity contribution in [3.8, 4) is 0 Å². The van der Waals surface area contributed by atoms with Gasteiger partial charge in [-0.1, -0.05) is 39.0 Å². The van der Waals surface area contributed by atoms with Crippen LogP contribution in [0, 0.1) is 5.92 Å². The van der Waals surface area contributed by atoms with Crippen LogP contribution in [0.15, 0.2) is 11.2 Å². The molecule has 6 heteroatoms. The summed E-state index contributed by atoms with van der Waals surface area (Å²) < 4.78 is 24.8. The highest BCUT2D eigenvalue weighted by molar-refractivity contribution is 8.13. The molecule has 1 aliphatic carbocycles. The Labute approximate surface area is 126 Å². The summed E-state index contributed by atoms with van der Waals surface area (Å²) in [5.41, 5.74) is 0. The number of hydrogen-bond acceptors (Lipinski definition) is 3. The summed E-state index contributed by atoms with van der Waals surface area (Å²) in [5, 5.41) is -0.00809. The molecule has 1 fully saturated rings. The van der Waals surface area contributed by atoms with Crippen molar-refractivity contribution in [2.45, 2.75) is 69.9 Å². The van der Waals surface area contributed by atoms with E-state index in [0.29, 0.717) is 0 Å². The van der Waals surface area contributed by atoms with Crippen molar-refractivity contribution in [1.29, 1.82) is 0 Å². The molecule has 2 rings (SSSR count). The highest BCUT2D eigenvalue weighted by atomic mass is 35.7. The molecule has 0 bridgehead atoms. The van der Waals surface area contributed by atoms with Gasteiger partial charge in [-0.2, -0.15) is 0 Å². The maximum atomic E-state index is 11.4. The molecule has 20 heavy (non-hydrogen) atoms. The van der Waals surface area contributed by atoms with Gasteiger partial charge in [-0.3, -0.25) is 0 Å². The predicted octanol–water partition coefficient (Wildman–Crippen LogP) is 3.73. The third-order valence-electron chi connectivity index (χ3n) is 4.06. The third kappa shape index (κ3) is 4.22. The van der Waals surface area contributed by atoms with Gasteiger partial charge in [0.15, 0.2) is 5.03 Å². The molecule has 0 aliphatic heterocycles. The first-order chi connectivity index (χ1) is 9.50. The molecule has 0 atom stereocenters. The average molecular weight is 319 g/mol. The van der Waals surface area contributed by atoms with E-state index in [1.807, 2.05) is 4.57 Å². The van der Waals surface area contributed by atoms with Gasteiger partial charge in [-0.25, -0.2) is 13.4 Å². The summed E-state index contributed by atoms with van der Waals surface area (Å²) in [7, 11) is 1.66. The standard InChI is InChI=1S/C14H23ClN2O2S/c1-2-6-13-16-14(20(15,18)19)11-17(13)10-9-12-7-4-3-5-8-12/h11-12H,2-10H2,1H3. The van der Waals surface area contributed by atoms with Crippen LogP contribution < -0.4 is 0 Å². The van der Waals surface area contributed by atoms with Crippen molar-refractivity contribution >= 4 is 19.7 Å². The monoisotopic (exact) mass is 318 g/mol. The second kappa shape index (κ2) is 6.94. The molecule has 1 aliphatic rings. The Kier molecular flexibility index (Phi) is 5.49. The predicted molar refractivity (Wildman–Crippen MR) is 80.5 cm³/mol. The third-order valence-corrected chi connectivity index (χ3v) is 5.23. The Bertz CT molecular complexity index is 533. The van der Waals surface area contributed by atoms with E-state index in [1.165, 1.54) is 32.1 Å². The molecular weight excluding hydrogens is 296 g/mol. The lowest BCUT2D eigenvalue weighted by molar-refractivity contribution is 0.322. The summed E-state index contributed by atoms with van der Waals surface area (Å²) in [6.07, 6.45) is 11.1. The van der Waals surface area contributed by atoms with Gasteiger partial charge >= 0.3 is 0 Å². The zero-order valence-electron chi connectivity index (χ0n) is 12.0.